The third-order valence-electron chi connectivity index (χ3n) is 4.86. The summed E-state index contributed by atoms with van der Waals surface area (Å²) in [5, 5.41) is 3.99. The maximum atomic E-state index is 13.1. The van der Waals surface area contributed by atoms with E-state index in [1.165, 1.54) is 23.1 Å². The summed E-state index contributed by atoms with van der Waals surface area (Å²) in [7, 11) is 0. The first-order valence-electron chi connectivity index (χ1n) is 9.81. The van der Waals surface area contributed by atoms with Crippen LogP contribution < -0.4 is 10.9 Å². The number of benzene rings is 1. The van der Waals surface area contributed by atoms with Gasteiger partial charge in [0.25, 0.3) is 5.56 Å². The number of hydrogen-bond donors (Lipinski definition) is 1. The molecule has 0 aliphatic heterocycles. The molecule has 0 aliphatic rings. The first kappa shape index (κ1) is 22.2. The molecule has 1 aromatic carbocycles. The summed E-state index contributed by atoms with van der Waals surface area (Å²) < 4.78 is 1.67. The third kappa shape index (κ3) is 4.49. The number of amides is 1. The largest absolute Gasteiger partial charge is 0.326 e. The zero-order valence-corrected chi connectivity index (χ0v) is 19.4. The zero-order valence-electron chi connectivity index (χ0n) is 17.7. The monoisotopic (exact) mass is 443 g/mol. The second-order valence-electron chi connectivity index (χ2n) is 7.32. The smallest absolute Gasteiger partial charge is 0.263 e. The molecule has 1 N–H and O–H groups in total. The topological polar surface area (TPSA) is 81.1 Å². The Labute approximate surface area is 183 Å². The minimum absolute atomic E-state index is 0.0529. The Morgan fingerprint density at radius 3 is 2.47 bits per heavy atom. The predicted molar refractivity (Wildman–Crippen MR) is 124 cm³/mol. The van der Waals surface area contributed by atoms with Gasteiger partial charge >= 0.3 is 0 Å². The molecule has 8 heteroatoms. The van der Waals surface area contributed by atoms with Crippen LogP contribution in [-0.2, 0) is 4.79 Å². The maximum absolute atomic E-state index is 13.1. The summed E-state index contributed by atoms with van der Waals surface area (Å²) in [5.74, 6) is 0.0441. The molecule has 0 atom stereocenters. The van der Waals surface area contributed by atoms with Crippen molar-refractivity contribution in [1.82, 2.24) is 9.55 Å². The number of Topliss-reactive ketones (excluding diaryl/α,β-unsaturated/α-hetero) is 1. The van der Waals surface area contributed by atoms with Gasteiger partial charge in [-0.1, -0.05) is 18.7 Å². The number of hydrogen-bond acceptors (Lipinski definition) is 6. The Balaban J connectivity index is 1.83. The molecule has 0 aliphatic carbocycles. The van der Waals surface area contributed by atoms with Gasteiger partial charge in [-0.25, -0.2) is 4.98 Å². The molecule has 0 radical (unpaired) electrons. The maximum Gasteiger partial charge on any atom is 0.263 e. The molecule has 0 fully saturated rings. The number of aromatic nitrogens is 2. The van der Waals surface area contributed by atoms with Gasteiger partial charge in [0.15, 0.2) is 10.9 Å². The molecule has 3 aromatic rings. The van der Waals surface area contributed by atoms with Crippen LogP contribution in [0.15, 0.2) is 34.2 Å². The average molecular weight is 444 g/mol. The number of anilines is 1. The van der Waals surface area contributed by atoms with Gasteiger partial charge in [0.1, 0.15) is 4.83 Å². The van der Waals surface area contributed by atoms with Gasteiger partial charge in [-0.05, 0) is 57.5 Å². The number of fused-ring (bicyclic) bond motifs is 1. The fourth-order valence-electron chi connectivity index (χ4n) is 3.05. The van der Waals surface area contributed by atoms with Crippen molar-refractivity contribution in [3.8, 4) is 0 Å². The number of carbonyl (C=O) groups excluding carboxylic acids is 2. The summed E-state index contributed by atoms with van der Waals surface area (Å²) >= 11 is 2.79. The van der Waals surface area contributed by atoms with E-state index in [9.17, 15) is 14.4 Å². The Morgan fingerprint density at radius 1 is 1.20 bits per heavy atom. The number of thioether (sulfide) groups is 1. The number of thiophene rings is 1. The van der Waals surface area contributed by atoms with Gasteiger partial charge in [-0.2, -0.15) is 0 Å². The van der Waals surface area contributed by atoms with Gasteiger partial charge in [0.2, 0.25) is 5.91 Å². The summed E-state index contributed by atoms with van der Waals surface area (Å²) in [5.41, 5.74) is 2.14. The Bertz CT molecular complexity index is 1160. The minimum Gasteiger partial charge on any atom is -0.326 e. The van der Waals surface area contributed by atoms with Crippen LogP contribution in [0.1, 0.15) is 54.0 Å². The fourth-order valence-corrected chi connectivity index (χ4v) is 5.14. The van der Waals surface area contributed by atoms with E-state index in [2.05, 4.69) is 5.32 Å². The van der Waals surface area contributed by atoms with Crippen molar-refractivity contribution >= 4 is 50.7 Å². The van der Waals surface area contributed by atoms with Gasteiger partial charge in [0, 0.05) is 28.6 Å². The van der Waals surface area contributed by atoms with Crippen molar-refractivity contribution in [2.45, 2.75) is 52.2 Å². The molecule has 0 spiro atoms. The molecule has 0 unspecified atom stereocenters. The van der Waals surface area contributed by atoms with E-state index in [-0.39, 0.29) is 29.0 Å². The quantitative estimate of drug-likeness (QED) is 0.316. The second kappa shape index (κ2) is 9.14. The van der Waals surface area contributed by atoms with Crippen molar-refractivity contribution in [2.24, 2.45) is 0 Å². The summed E-state index contributed by atoms with van der Waals surface area (Å²) in [6, 6.07) is 6.78. The van der Waals surface area contributed by atoms with E-state index in [4.69, 9.17) is 4.98 Å². The van der Waals surface area contributed by atoms with Crippen LogP contribution in [0, 0.1) is 13.8 Å². The molecule has 0 saturated carbocycles. The lowest BCUT2D eigenvalue weighted by Crippen LogP contribution is -2.25. The summed E-state index contributed by atoms with van der Waals surface area (Å²) in [4.78, 5) is 43.7. The molecule has 2 heterocycles. The second-order valence-corrected chi connectivity index (χ2v) is 9.46. The zero-order chi connectivity index (χ0) is 22.0. The normalized spacial score (nSPS) is 11.3. The molecule has 0 bridgehead atoms. The first-order chi connectivity index (χ1) is 14.2. The van der Waals surface area contributed by atoms with Crippen molar-refractivity contribution in [1.29, 1.82) is 0 Å². The first-order valence-corrected chi connectivity index (χ1v) is 11.6. The molecule has 2 aromatic heterocycles. The average Bonchev–Trinajstić information content (AvgIpc) is 3.00. The van der Waals surface area contributed by atoms with E-state index in [1.54, 1.807) is 35.8 Å². The van der Waals surface area contributed by atoms with Crippen LogP contribution in [0.5, 0.6) is 0 Å². The van der Waals surface area contributed by atoms with E-state index >= 15 is 0 Å². The molecular formula is C22H25N3O3S2. The van der Waals surface area contributed by atoms with Crippen LogP contribution in [0.4, 0.5) is 5.69 Å². The van der Waals surface area contributed by atoms with Crippen LogP contribution >= 0.6 is 23.1 Å². The van der Waals surface area contributed by atoms with E-state index in [0.29, 0.717) is 28.2 Å². The van der Waals surface area contributed by atoms with Crippen LogP contribution in [0.25, 0.3) is 10.2 Å². The highest BCUT2D eigenvalue weighted by Gasteiger charge is 2.19. The summed E-state index contributed by atoms with van der Waals surface area (Å²) in [6.07, 6.45) is 0.398. The molecule has 1 amide bonds. The number of nitrogens with one attached hydrogen (secondary N) is 1. The van der Waals surface area contributed by atoms with Gasteiger partial charge in [0.05, 0.1) is 11.1 Å². The number of carbonyl (C=O) groups is 2. The molecule has 30 heavy (non-hydrogen) atoms. The molecular weight excluding hydrogens is 418 g/mol. The third-order valence-corrected chi connectivity index (χ3v) is 6.92. The van der Waals surface area contributed by atoms with Crippen LogP contribution in [-0.4, -0.2) is 27.0 Å². The molecule has 6 nitrogen and oxygen atoms in total. The molecule has 3 rings (SSSR count). The van der Waals surface area contributed by atoms with E-state index < -0.39 is 0 Å². The highest BCUT2D eigenvalue weighted by atomic mass is 32.2. The van der Waals surface area contributed by atoms with Crippen molar-refractivity contribution in [3.63, 3.8) is 0 Å². The van der Waals surface area contributed by atoms with E-state index in [0.717, 1.165) is 15.3 Å². The molecule has 158 valence electrons. The highest BCUT2D eigenvalue weighted by Crippen LogP contribution is 2.29. The highest BCUT2D eigenvalue weighted by molar-refractivity contribution is 7.99. The lowest BCUT2D eigenvalue weighted by molar-refractivity contribution is -0.115. The van der Waals surface area contributed by atoms with E-state index in [1.807, 2.05) is 27.7 Å². The standard InChI is InChI=1S/C22H25N3O3S2/c1-6-18(27)23-16-9-7-15(8-10-16)17(26)11-29-22-24-20-19(13(4)14(5)30-20)21(28)25(22)12(2)3/h7-10,12H,6,11H2,1-5H3,(H,23,27). The minimum atomic E-state index is -0.0724. The van der Waals surface area contributed by atoms with Crippen LogP contribution in [0.2, 0.25) is 0 Å². The Hall–Kier alpha value is -2.45. The number of ketones is 1. The lowest BCUT2D eigenvalue weighted by atomic mass is 10.1. The van der Waals surface area contributed by atoms with Crippen molar-refractivity contribution in [2.75, 3.05) is 11.1 Å². The van der Waals surface area contributed by atoms with Gasteiger partial charge in [-0.15, -0.1) is 11.3 Å². The summed E-state index contributed by atoms with van der Waals surface area (Å²) in [6.45, 7) is 9.61. The number of aryl methyl sites for hydroxylation is 2. The number of rotatable bonds is 7. The SMILES string of the molecule is CCC(=O)Nc1ccc(C(=O)CSc2nc3sc(C)c(C)c3c(=O)n2C(C)C)cc1. The van der Waals surface area contributed by atoms with Crippen LogP contribution in [0.3, 0.4) is 0 Å². The molecule has 0 saturated heterocycles. The fraction of sp³-hybridized carbons (Fsp3) is 0.364. The predicted octanol–water partition coefficient (Wildman–Crippen LogP) is 4.98. The van der Waals surface area contributed by atoms with Gasteiger partial charge in [-0.3, -0.25) is 19.0 Å². The lowest BCUT2D eigenvalue weighted by Gasteiger charge is -2.15. The Kier molecular flexibility index (Phi) is 6.77. The van der Waals surface area contributed by atoms with Crippen molar-refractivity contribution < 1.29 is 9.59 Å². The van der Waals surface area contributed by atoms with Gasteiger partial charge < -0.3 is 5.32 Å². The number of nitrogens with zero attached hydrogens (tertiary/aromatic N) is 2. The van der Waals surface area contributed by atoms with Crippen molar-refractivity contribution in [3.05, 3.63) is 50.6 Å². The Morgan fingerprint density at radius 2 is 1.87 bits per heavy atom.